The lowest BCUT2D eigenvalue weighted by molar-refractivity contribution is -0.104. The first-order valence-corrected chi connectivity index (χ1v) is 23.3. The summed E-state index contributed by atoms with van der Waals surface area (Å²) in [6.45, 7) is 0. The van der Waals surface area contributed by atoms with Crippen molar-refractivity contribution in [1.82, 2.24) is 15.0 Å². The molecule has 296 valence electrons. The Morgan fingerprint density at radius 3 is 1.94 bits per heavy atom. The maximum absolute atomic E-state index is 6.92. The molecule has 5 atom stereocenters. The molecule has 0 amide bonds. The largest absolute Gasteiger partial charge is 0.457 e. The van der Waals surface area contributed by atoms with Crippen molar-refractivity contribution in [1.29, 1.82) is 0 Å². The van der Waals surface area contributed by atoms with Gasteiger partial charge in [-0.05, 0) is 119 Å². The molecule has 7 aliphatic rings. The number of fused-ring (bicyclic) bond motifs is 13. The van der Waals surface area contributed by atoms with Crippen LogP contribution in [0.5, 0.6) is 11.5 Å². The smallest absolute Gasteiger partial charge is 0.164 e. The third-order valence-electron chi connectivity index (χ3n) is 16.5. The predicted molar refractivity (Wildman–Crippen MR) is 249 cm³/mol. The molecule has 4 nitrogen and oxygen atoms in total. The minimum absolute atomic E-state index is 0.339. The average Bonchev–Trinajstić information content (AvgIpc) is 3.87. The van der Waals surface area contributed by atoms with Crippen LogP contribution in [-0.2, 0) is 10.8 Å². The zero-order chi connectivity index (χ0) is 40.4. The van der Waals surface area contributed by atoms with Gasteiger partial charge in [-0.3, -0.25) is 0 Å². The molecule has 2 spiro atoms. The Balaban J connectivity index is 0.891. The molecule has 4 bridgehead atoms. The van der Waals surface area contributed by atoms with E-state index in [-0.39, 0.29) is 0 Å². The molecule has 9 aromatic rings. The minimum atomic E-state index is -0.524. The highest BCUT2D eigenvalue weighted by molar-refractivity contribution is 7.25. The van der Waals surface area contributed by atoms with Gasteiger partial charge in [0.05, 0.1) is 5.41 Å². The van der Waals surface area contributed by atoms with Crippen LogP contribution in [0.2, 0.25) is 0 Å². The number of hydrogen-bond acceptors (Lipinski definition) is 5. The average molecular weight is 816 g/mol. The Hall–Kier alpha value is -6.43. The summed E-state index contributed by atoms with van der Waals surface area (Å²) >= 11 is 1.82. The second-order valence-electron chi connectivity index (χ2n) is 19.4. The van der Waals surface area contributed by atoms with Crippen molar-refractivity contribution < 1.29 is 4.74 Å². The standard InChI is InChI=1S/C57H41N3OS/c1-4-12-43-39(9-1)40-10-2-5-13-44(40)57(43)45-14-6-7-15-48(45)61-49-26-35(20-24-46(49)57)53-58-52(59-54(60-53)36-19-23-42-41-11-3-8-16-50(41)62-51(42)27-36)34-17-21-38(22-18-34)55-28-33-25-37-30-56(29-33,32-55)47(37)31-55/h1-24,26-27,33,37,47H,25,28-32H2/t33-,37?,47-,55?,56?/m0/s1. The lowest BCUT2D eigenvalue weighted by Gasteiger charge is -2.60. The van der Waals surface area contributed by atoms with E-state index in [9.17, 15) is 0 Å². The molecule has 5 saturated carbocycles. The molecule has 1 aliphatic heterocycles. The number of para-hydroxylation sites is 1. The van der Waals surface area contributed by atoms with E-state index in [2.05, 4.69) is 158 Å². The molecular weight excluding hydrogens is 775 g/mol. The highest BCUT2D eigenvalue weighted by Crippen LogP contribution is 2.78. The Labute approximate surface area is 364 Å². The van der Waals surface area contributed by atoms with E-state index in [1.165, 1.54) is 86.5 Å². The minimum Gasteiger partial charge on any atom is -0.457 e. The molecule has 3 heterocycles. The SMILES string of the molecule is c1ccc2c(c1)Oc1cc(-c3nc(-c4ccc(C56C[C@@H]7CC8CC(C7)(C5)[C@H]8C6)cc4)nc(-c4ccc5c(c4)sc4ccccc45)n3)ccc1C21c2ccccc2-c2ccccc21. The molecule has 0 radical (unpaired) electrons. The number of benzene rings is 7. The molecule has 0 saturated heterocycles. The Bertz CT molecular complexity index is 3360. The summed E-state index contributed by atoms with van der Waals surface area (Å²) in [6, 6.07) is 57.7. The van der Waals surface area contributed by atoms with Gasteiger partial charge in [-0.25, -0.2) is 15.0 Å². The van der Waals surface area contributed by atoms with Crippen molar-refractivity contribution in [3.8, 4) is 56.8 Å². The van der Waals surface area contributed by atoms with Gasteiger partial charge in [0, 0.05) is 48.0 Å². The monoisotopic (exact) mass is 815 g/mol. The van der Waals surface area contributed by atoms with Crippen LogP contribution in [0.1, 0.15) is 66.3 Å². The number of ether oxygens (including phenoxy) is 1. The summed E-state index contributed by atoms with van der Waals surface area (Å²) in [5.41, 5.74) is 12.3. The zero-order valence-electron chi connectivity index (χ0n) is 34.1. The number of nitrogens with zero attached hydrogens (tertiary/aromatic N) is 3. The second-order valence-corrected chi connectivity index (χ2v) is 20.5. The fraction of sp³-hybridized carbons (Fsp3) is 0.211. The van der Waals surface area contributed by atoms with Gasteiger partial charge >= 0.3 is 0 Å². The van der Waals surface area contributed by atoms with E-state index >= 15 is 0 Å². The molecule has 6 aliphatic carbocycles. The first kappa shape index (κ1) is 34.2. The van der Waals surface area contributed by atoms with E-state index in [0.717, 1.165) is 57.1 Å². The Morgan fingerprint density at radius 1 is 0.500 bits per heavy atom. The van der Waals surface area contributed by atoms with Crippen LogP contribution < -0.4 is 4.74 Å². The van der Waals surface area contributed by atoms with Crippen LogP contribution in [0.4, 0.5) is 0 Å². The molecule has 7 aromatic carbocycles. The fourth-order valence-electron chi connectivity index (χ4n) is 14.4. The van der Waals surface area contributed by atoms with Crippen LogP contribution in [0, 0.1) is 23.2 Å². The van der Waals surface area contributed by atoms with Gasteiger partial charge in [-0.2, -0.15) is 0 Å². The molecule has 5 heteroatoms. The second kappa shape index (κ2) is 11.9. The van der Waals surface area contributed by atoms with Crippen molar-refractivity contribution in [3.05, 3.63) is 186 Å². The fourth-order valence-corrected chi connectivity index (χ4v) is 15.5. The van der Waals surface area contributed by atoms with Gasteiger partial charge in [-0.1, -0.05) is 133 Å². The van der Waals surface area contributed by atoms with Crippen molar-refractivity contribution in [3.63, 3.8) is 0 Å². The summed E-state index contributed by atoms with van der Waals surface area (Å²) in [5.74, 6) is 6.55. The topological polar surface area (TPSA) is 47.9 Å². The molecular formula is C57H41N3OS. The third kappa shape index (κ3) is 4.39. The maximum Gasteiger partial charge on any atom is 0.164 e. The predicted octanol–water partition coefficient (Wildman–Crippen LogP) is 14.2. The number of rotatable bonds is 4. The van der Waals surface area contributed by atoms with E-state index in [0.29, 0.717) is 28.3 Å². The van der Waals surface area contributed by atoms with E-state index in [1.807, 2.05) is 11.3 Å². The Morgan fingerprint density at radius 2 is 1.13 bits per heavy atom. The molecule has 62 heavy (non-hydrogen) atoms. The van der Waals surface area contributed by atoms with Crippen LogP contribution in [0.3, 0.4) is 0 Å². The third-order valence-corrected chi connectivity index (χ3v) is 17.6. The molecule has 3 unspecified atom stereocenters. The first-order chi connectivity index (χ1) is 30.6. The number of aromatic nitrogens is 3. The van der Waals surface area contributed by atoms with Crippen molar-refractivity contribution in [2.24, 2.45) is 23.2 Å². The molecule has 16 rings (SSSR count). The van der Waals surface area contributed by atoms with Gasteiger partial charge < -0.3 is 4.74 Å². The number of thiophene rings is 1. The van der Waals surface area contributed by atoms with Crippen LogP contribution in [-0.4, -0.2) is 15.0 Å². The van der Waals surface area contributed by atoms with Gasteiger partial charge in [0.1, 0.15) is 11.5 Å². The maximum atomic E-state index is 6.92. The molecule has 0 N–H and O–H groups in total. The Kier molecular flexibility index (Phi) is 6.58. The summed E-state index contributed by atoms with van der Waals surface area (Å²) in [5, 5.41) is 2.55. The van der Waals surface area contributed by atoms with Crippen molar-refractivity contribution >= 4 is 31.5 Å². The number of hydrogen-bond donors (Lipinski definition) is 0. The van der Waals surface area contributed by atoms with E-state index in [4.69, 9.17) is 19.7 Å². The first-order valence-electron chi connectivity index (χ1n) is 22.5. The lowest BCUT2D eigenvalue weighted by Crippen LogP contribution is -2.52. The highest BCUT2D eigenvalue weighted by Gasteiger charge is 2.70. The lowest BCUT2D eigenvalue weighted by atomic mass is 9.44. The zero-order valence-corrected chi connectivity index (χ0v) is 35.0. The van der Waals surface area contributed by atoms with Crippen molar-refractivity contribution in [2.45, 2.75) is 49.4 Å². The van der Waals surface area contributed by atoms with Gasteiger partial charge in [0.2, 0.25) is 0 Å². The van der Waals surface area contributed by atoms with Gasteiger partial charge in [0.15, 0.2) is 17.5 Å². The molecule has 5 fully saturated rings. The normalized spacial score (nSPS) is 24.9. The van der Waals surface area contributed by atoms with Crippen LogP contribution >= 0.6 is 11.3 Å². The summed E-state index contributed by atoms with van der Waals surface area (Å²) in [4.78, 5) is 15.9. The van der Waals surface area contributed by atoms with Gasteiger partial charge in [0.25, 0.3) is 0 Å². The molecule has 2 aromatic heterocycles. The summed E-state index contributed by atoms with van der Waals surface area (Å²) < 4.78 is 9.43. The van der Waals surface area contributed by atoms with Gasteiger partial charge in [-0.15, -0.1) is 11.3 Å². The summed E-state index contributed by atoms with van der Waals surface area (Å²) in [7, 11) is 0. The highest BCUT2D eigenvalue weighted by atomic mass is 32.1. The quantitative estimate of drug-likeness (QED) is 0.178. The van der Waals surface area contributed by atoms with E-state index in [1.54, 1.807) is 0 Å². The summed E-state index contributed by atoms with van der Waals surface area (Å²) in [6.07, 6.45) is 8.58. The van der Waals surface area contributed by atoms with Crippen molar-refractivity contribution in [2.75, 3.05) is 0 Å². The van der Waals surface area contributed by atoms with Crippen LogP contribution in [0.25, 0.3) is 65.5 Å². The van der Waals surface area contributed by atoms with E-state index < -0.39 is 5.41 Å². The van der Waals surface area contributed by atoms with Crippen LogP contribution in [0.15, 0.2) is 158 Å².